The van der Waals surface area contributed by atoms with Gasteiger partial charge in [0.1, 0.15) is 24.8 Å². The van der Waals surface area contributed by atoms with Crippen molar-refractivity contribution in [2.45, 2.75) is 70.5 Å². The summed E-state index contributed by atoms with van der Waals surface area (Å²) < 4.78 is 24.1. The maximum Gasteiger partial charge on any atom is 0.412 e. The van der Waals surface area contributed by atoms with Crippen molar-refractivity contribution in [1.29, 1.82) is 0 Å². The molecule has 1 amide bonds. The quantitative estimate of drug-likeness (QED) is 0.303. The van der Waals surface area contributed by atoms with Gasteiger partial charge < -0.3 is 18.9 Å². The van der Waals surface area contributed by atoms with Crippen LogP contribution in [-0.2, 0) is 19.6 Å². The van der Waals surface area contributed by atoms with Crippen LogP contribution in [0.25, 0.3) is 5.69 Å². The number of hydrogen-bond acceptors (Lipinski definition) is 6. The van der Waals surface area contributed by atoms with E-state index in [2.05, 4.69) is 5.32 Å². The molecule has 1 N–H and O–H groups in total. The van der Waals surface area contributed by atoms with Gasteiger partial charge in [-0.2, -0.15) is 5.10 Å². The number of carbonyl (C=O) groups excluding carboxylic acids is 1. The van der Waals surface area contributed by atoms with Crippen LogP contribution < -0.4 is 10.1 Å². The first kappa shape index (κ1) is 27.6. The van der Waals surface area contributed by atoms with E-state index in [9.17, 15) is 4.79 Å². The van der Waals surface area contributed by atoms with Crippen molar-refractivity contribution in [3.63, 3.8) is 0 Å². The molecule has 0 aliphatic carbocycles. The predicted octanol–water partition coefficient (Wildman–Crippen LogP) is 6.31. The Bertz CT molecular complexity index is 992. The average Bonchev–Trinajstić information content (AvgIpc) is 3.20. The summed E-state index contributed by atoms with van der Waals surface area (Å²) in [6.45, 7) is 11.2. The Morgan fingerprint density at radius 1 is 1.17 bits per heavy atom. The Hall–Kier alpha value is -2.00. The van der Waals surface area contributed by atoms with Gasteiger partial charge in [-0.3, -0.25) is 5.32 Å². The molecule has 1 unspecified atom stereocenters. The van der Waals surface area contributed by atoms with E-state index in [1.54, 1.807) is 36.7 Å². The summed E-state index contributed by atoms with van der Waals surface area (Å²) in [6.07, 6.45) is 2.29. The van der Waals surface area contributed by atoms with Gasteiger partial charge in [0.05, 0.1) is 22.9 Å². The molecule has 1 saturated heterocycles. The molecule has 3 rings (SSSR count). The lowest BCUT2D eigenvalue weighted by molar-refractivity contribution is -0.165. The maximum absolute atomic E-state index is 12.4. The van der Waals surface area contributed by atoms with Crippen LogP contribution >= 0.6 is 23.2 Å². The van der Waals surface area contributed by atoms with Crippen molar-refractivity contribution < 1.29 is 23.7 Å². The first-order valence-corrected chi connectivity index (χ1v) is 12.6. The molecule has 0 saturated carbocycles. The fourth-order valence-electron chi connectivity index (χ4n) is 3.35. The van der Waals surface area contributed by atoms with Gasteiger partial charge in [-0.25, -0.2) is 9.48 Å². The Labute approximate surface area is 217 Å². The highest BCUT2D eigenvalue weighted by Gasteiger charge is 2.23. The van der Waals surface area contributed by atoms with Gasteiger partial charge in [-0.15, -0.1) is 11.6 Å². The number of ether oxygens (including phenoxy) is 4. The Morgan fingerprint density at radius 2 is 1.94 bits per heavy atom. The molecule has 1 aliphatic heterocycles. The number of anilines is 1. The van der Waals surface area contributed by atoms with E-state index in [0.29, 0.717) is 35.5 Å². The molecule has 1 aromatic carbocycles. The van der Waals surface area contributed by atoms with Crippen LogP contribution in [0.5, 0.6) is 5.75 Å². The number of alkyl halides is 1. The monoisotopic (exact) mass is 527 g/mol. The standard InChI is InChI=1S/C25H35Cl2N3O5/c1-24(2,3)20-15-21(28-23(31)35-16-25(4,5)27)30(29-20)18-12-17(26)13-19(14-18)32-10-11-34-22-8-6-7-9-33-22/h12-15,22H,6-11,16H2,1-5H3,(H,28,31). The van der Waals surface area contributed by atoms with Crippen LogP contribution in [0.2, 0.25) is 5.02 Å². The van der Waals surface area contributed by atoms with Gasteiger partial charge in [-0.05, 0) is 45.2 Å². The molecule has 0 spiro atoms. The summed E-state index contributed by atoms with van der Waals surface area (Å²) >= 11 is 12.5. The third-order valence-electron chi connectivity index (χ3n) is 5.15. The molecular formula is C25H35Cl2N3O5. The summed E-state index contributed by atoms with van der Waals surface area (Å²) in [5, 5.41) is 7.95. The first-order chi connectivity index (χ1) is 16.4. The van der Waals surface area contributed by atoms with Gasteiger partial charge in [-0.1, -0.05) is 32.4 Å². The van der Waals surface area contributed by atoms with E-state index >= 15 is 0 Å². The summed E-state index contributed by atoms with van der Waals surface area (Å²) in [6, 6.07) is 7.09. The summed E-state index contributed by atoms with van der Waals surface area (Å²) in [4.78, 5) is 11.8. The third kappa shape index (κ3) is 8.86. The molecule has 1 aromatic heterocycles. The van der Waals surface area contributed by atoms with Crippen LogP contribution in [0.3, 0.4) is 0 Å². The fourth-order valence-corrected chi connectivity index (χ4v) is 3.62. The minimum absolute atomic E-state index is 0.0593. The van der Waals surface area contributed by atoms with Crippen molar-refractivity contribution in [1.82, 2.24) is 9.78 Å². The fraction of sp³-hybridized carbons (Fsp3) is 0.600. The van der Waals surface area contributed by atoms with E-state index < -0.39 is 11.0 Å². The van der Waals surface area contributed by atoms with E-state index in [1.165, 1.54) is 0 Å². The molecule has 0 radical (unpaired) electrons. The van der Waals surface area contributed by atoms with E-state index in [-0.39, 0.29) is 18.3 Å². The zero-order valence-electron chi connectivity index (χ0n) is 21.0. The van der Waals surface area contributed by atoms with Crippen LogP contribution in [0.15, 0.2) is 24.3 Å². The molecule has 1 aliphatic rings. The minimum atomic E-state index is -0.666. The lowest BCUT2D eigenvalue weighted by Crippen LogP contribution is -2.25. The number of nitrogens with zero attached hydrogens (tertiary/aromatic N) is 2. The highest BCUT2D eigenvalue weighted by atomic mass is 35.5. The van der Waals surface area contributed by atoms with Crippen LogP contribution in [0.1, 0.15) is 59.6 Å². The molecule has 194 valence electrons. The highest BCUT2D eigenvalue weighted by Crippen LogP contribution is 2.30. The third-order valence-corrected chi connectivity index (χ3v) is 5.48. The van der Waals surface area contributed by atoms with Gasteiger partial charge in [0.25, 0.3) is 0 Å². The summed E-state index contributed by atoms with van der Waals surface area (Å²) in [5.74, 6) is 1.00. The second-order valence-corrected chi connectivity index (χ2v) is 11.6. The maximum atomic E-state index is 12.4. The topological polar surface area (TPSA) is 83.8 Å². The van der Waals surface area contributed by atoms with E-state index in [4.69, 9.17) is 47.2 Å². The number of halogens is 2. The molecule has 8 nitrogen and oxygen atoms in total. The second-order valence-electron chi connectivity index (χ2n) is 10.2. The Morgan fingerprint density at radius 3 is 2.60 bits per heavy atom. The molecular weight excluding hydrogens is 493 g/mol. The number of carbonyl (C=O) groups is 1. The van der Waals surface area contributed by atoms with Gasteiger partial charge in [0.15, 0.2) is 6.29 Å². The van der Waals surface area contributed by atoms with Crippen molar-refractivity contribution in [2.24, 2.45) is 0 Å². The van der Waals surface area contributed by atoms with Crippen LogP contribution in [-0.4, -0.2) is 53.5 Å². The van der Waals surface area contributed by atoms with Gasteiger partial charge >= 0.3 is 6.09 Å². The van der Waals surface area contributed by atoms with E-state index in [1.807, 2.05) is 26.8 Å². The SMILES string of the molecule is CC(C)(Cl)COC(=O)Nc1cc(C(C)(C)C)nn1-c1cc(Cl)cc(OCCOC2CCCCO2)c1. The number of benzene rings is 1. The summed E-state index contributed by atoms with van der Waals surface area (Å²) in [5.41, 5.74) is 1.17. The Kier molecular flexibility index (Phi) is 9.32. The largest absolute Gasteiger partial charge is 0.491 e. The van der Waals surface area contributed by atoms with Gasteiger partial charge in [0, 0.05) is 29.2 Å². The molecule has 2 aromatic rings. The lowest BCUT2D eigenvalue weighted by Gasteiger charge is -2.22. The normalized spacial score (nSPS) is 16.7. The number of aromatic nitrogens is 2. The molecule has 2 heterocycles. The molecule has 0 bridgehead atoms. The van der Waals surface area contributed by atoms with Crippen molar-refractivity contribution in [2.75, 3.05) is 31.7 Å². The minimum Gasteiger partial charge on any atom is -0.491 e. The number of hydrogen-bond donors (Lipinski definition) is 1. The Balaban J connectivity index is 1.74. The average molecular weight is 528 g/mol. The summed E-state index contributed by atoms with van der Waals surface area (Å²) in [7, 11) is 0. The molecule has 35 heavy (non-hydrogen) atoms. The van der Waals surface area contributed by atoms with Crippen LogP contribution in [0, 0.1) is 0 Å². The van der Waals surface area contributed by atoms with Gasteiger partial charge in [0.2, 0.25) is 0 Å². The molecule has 1 fully saturated rings. The van der Waals surface area contributed by atoms with Crippen molar-refractivity contribution >= 4 is 35.1 Å². The zero-order valence-corrected chi connectivity index (χ0v) is 22.5. The first-order valence-electron chi connectivity index (χ1n) is 11.8. The van der Waals surface area contributed by atoms with Crippen LogP contribution in [0.4, 0.5) is 10.6 Å². The number of rotatable bonds is 9. The van der Waals surface area contributed by atoms with Crippen molar-refractivity contribution in [3.05, 3.63) is 35.0 Å². The highest BCUT2D eigenvalue weighted by molar-refractivity contribution is 6.30. The lowest BCUT2D eigenvalue weighted by atomic mass is 9.92. The molecule has 1 atom stereocenters. The van der Waals surface area contributed by atoms with Crippen molar-refractivity contribution in [3.8, 4) is 11.4 Å². The molecule has 10 heteroatoms. The van der Waals surface area contributed by atoms with E-state index in [0.717, 1.165) is 31.6 Å². The zero-order chi connectivity index (χ0) is 25.6. The smallest absolute Gasteiger partial charge is 0.412 e. The predicted molar refractivity (Wildman–Crippen MR) is 137 cm³/mol. The second kappa shape index (κ2) is 11.8. The number of amides is 1. The number of nitrogens with one attached hydrogen (secondary N) is 1.